The van der Waals surface area contributed by atoms with E-state index in [1.165, 1.54) is 25.7 Å². The summed E-state index contributed by atoms with van der Waals surface area (Å²) in [6, 6.07) is 42.2. The maximum absolute atomic E-state index is 2.48. The first-order valence-electron chi connectivity index (χ1n) is 16.9. The van der Waals surface area contributed by atoms with Gasteiger partial charge in [0.15, 0.2) is 0 Å². The predicted octanol–water partition coefficient (Wildman–Crippen LogP) is 9.63. The molecule has 0 nitrogen and oxygen atoms in total. The first kappa shape index (κ1) is 29.7. The van der Waals surface area contributed by atoms with E-state index in [0.29, 0.717) is 0 Å². The highest BCUT2D eigenvalue weighted by molar-refractivity contribution is 8.40. The zero-order chi connectivity index (χ0) is 31.1. The largest absolute Gasteiger partial charge is 0.0622 e. The van der Waals surface area contributed by atoms with Crippen molar-refractivity contribution in [3.63, 3.8) is 0 Å². The summed E-state index contributed by atoms with van der Waals surface area (Å²) < 4.78 is 0. The minimum atomic E-state index is -0.221. The molecule has 6 aromatic carbocycles. The first-order chi connectivity index (χ1) is 22.5. The van der Waals surface area contributed by atoms with Crippen molar-refractivity contribution >= 4 is 83.8 Å². The van der Waals surface area contributed by atoms with Gasteiger partial charge in [-0.3, -0.25) is 0 Å². The fourth-order valence-corrected chi connectivity index (χ4v) is 26.0. The van der Waals surface area contributed by atoms with Gasteiger partial charge in [0.25, 0.3) is 0 Å². The second kappa shape index (κ2) is 11.6. The molecular weight excluding hydrogens is 628 g/mol. The van der Waals surface area contributed by atoms with E-state index in [0.717, 1.165) is 11.3 Å². The van der Waals surface area contributed by atoms with Crippen LogP contribution in [0.4, 0.5) is 0 Å². The fourth-order valence-electron chi connectivity index (χ4n) is 8.45. The molecule has 0 saturated heterocycles. The molecule has 6 aromatic rings. The molecule has 4 atom stereocenters. The van der Waals surface area contributed by atoms with Crippen LogP contribution in [0.3, 0.4) is 0 Å². The van der Waals surface area contributed by atoms with Crippen LogP contribution in [-0.4, -0.2) is 11.3 Å². The lowest BCUT2D eigenvalue weighted by molar-refractivity contribution is 1.02. The zero-order valence-corrected chi connectivity index (χ0v) is 30.7. The summed E-state index contributed by atoms with van der Waals surface area (Å²) in [7, 11) is -0.684. The van der Waals surface area contributed by atoms with Crippen molar-refractivity contribution in [2.75, 3.05) is 0 Å². The molecule has 10 rings (SSSR count). The van der Waals surface area contributed by atoms with Crippen LogP contribution in [0.5, 0.6) is 0 Å². The van der Waals surface area contributed by atoms with E-state index in [9.17, 15) is 0 Å². The minimum absolute atomic E-state index is 0.121. The molecular formula is C42H40P4. The lowest BCUT2D eigenvalue weighted by Gasteiger charge is -2.26. The summed E-state index contributed by atoms with van der Waals surface area (Å²) in [5, 5.41) is 16.3. The maximum Gasteiger partial charge on any atom is -0.00137 e. The SMILES string of the molecule is CC(C)[P@@]1c2ccc3c4c(ccc(c24)P1c1ccccc1)CC3.CC(C)[P@@]1c2ccc3c4c(ccc(c24)P1c1ccccc1)CC3. The summed E-state index contributed by atoms with van der Waals surface area (Å²) in [5.41, 5.74) is 7.82. The van der Waals surface area contributed by atoms with Crippen LogP contribution in [0, 0.1) is 0 Å². The van der Waals surface area contributed by atoms with Gasteiger partial charge in [-0.1, -0.05) is 137 Å². The molecule has 0 radical (unpaired) electrons. The molecule has 0 aromatic heterocycles. The fraction of sp³-hybridized carbons (Fsp3) is 0.238. The Bertz CT molecular complexity index is 1960. The van der Waals surface area contributed by atoms with Crippen LogP contribution in [0.25, 0.3) is 21.5 Å². The maximum atomic E-state index is 2.48. The van der Waals surface area contributed by atoms with Gasteiger partial charge in [0.1, 0.15) is 0 Å². The molecule has 2 aliphatic carbocycles. The van der Waals surface area contributed by atoms with E-state index in [4.69, 9.17) is 0 Å². The molecule has 0 amide bonds. The lowest BCUT2D eigenvalue weighted by Crippen LogP contribution is -2.09. The second-order valence-electron chi connectivity index (χ2n) is 13.6. The van der Waals surface area contributed by atoms with Crippen molar-refractivity contribution < 1.29 is 0 Å². The average Bonchev–Trinajstić information content (AvgIpc) is 3.85. The Hall–Kier alpha value is -2.44. The Morgan fingerprint density at radius 3 is 1.02 bits per heavy atom. The third kappa shape index (κ3) is 4.48. The Balaban J connectivity index is 0.000000127. The van der Waals surface area contributed by atoms with Crippen molar-refractivity contribution in [3.8, 4) is 0 Å². The summed E-state index contributed by atoms with van der Waals surface area (Å²) in [4.78, 5) is 0. The van der Waals surface area contributed by atoms with Gasteiger partial charge in [0, 0.05) is 0 Å². The van der Waals surface area contributed by atoms with Crippen LogP contribution < -0.4 is 31.8 Å². The second-order valence-corrected chi connectivity index (χ2v) is 26.3. The Morgan fingerprint density at radius 1 is 0.370 bits per heavy atom. The number of hydrogen-bond donors (Lipinski definition) is 0. The molecule has 2 heterocycles. The highest BCUT2D eigenvalue weighted by atomic mass is 32.1. The third-order valence-electron chi connectivity index (χ3n) is 10.3. The van der Waals surface area contributed by atoms with Crippen molar-refractivity contribution in [2.24, 2.45) is 0 Å². The van der Waals surface area contributed by atoms with Crippen LogP contribution >= 0.6 is 30.4 Å². The summed E-state index contributed by atoms with van der Waals surface area (Å²) in [6.45, 7) is 9.71. The van der Waals surface area contributed by atoms with Gasteiger partial charge < -0.3 is 0 Å². The van der Waals surface area contributed by atoms with E-state index in [-0.39, 0.29) is 30.4 Å². The standard InChI is InChI=1S/2C21H20P2/c2*1-14(2)22-18-12-10-15-8-9-16-11-13-19(21(18)20(15)16)23(22)17-6-4-3-5-7-17/h2*3-7,10-14H,8-9H2,1-2H3/t2*22-,23?/m00/s1. The molecule has 0 spiro atoms. The van der Waals surface area contributed by atoms with Gasteiger partial charge in [-0.15, -0.1) is 0 Å². The molecule has 2 aliphatic heterocycles. The third-order valence-corrected chi connectivity index (χ3v) is 27.4. The molecule has 0 bridgehead atoms. The van der Waals surface area contributed by atoms with Crippen LogP contribution in [0.1, 0.15) is 49.9 Å². The molecule has 2 unspecified atom stereocenters. The topological polar surface area (TPSA) is 0 Å². The Kier molecular flexibility index (Phi) is 7.49. The lowest BCUT2D eigenvalue weighted by atomic mass is 10.1. The quantitative estimate of drug-likeness (QED) is 0.164. The molecule has 46 heavy (non-hydrogen) atoms. The summed E-state index contributed by atoms with van der Waals surface area (Å²) in [6.07, 6.45) is 4.94. The van der Waals surface area contributed by atoms with E-state index in [1.54, 1.807) is 75.6 Å². The molecule has 0 N–H and O–H groups in total. The van der Waals surface area contributed by atoms with Crippen LogP contribution in [0.2, 0.25) is 0 Å². The first-order valence-corrected chi connectivity index (χ1v) is 23.9. The summed E-state index contributed by atoms with van der Waals surface area (Å²) in [5.74, 6) is 0. The van der Waals surface area contributed by atoms with Gasteiger partial charge in [-0.05, 0) is 143 Å². The van der Waals surface area contributed by atoms with Crippen molar-refractivity contribution in [3.05, 3.63) is 131 Å². The van der Waals surface area contributed by atoms with E-state index < -0.39 is 0 Å². The van der Waals surface area contributed by atoms with Crippen molar-refractivity contribution in [2.45, 2.75) is 64.7 Å². The molecule has 0 saturated carbocycles. The van der Waals surface area contributed by atoms with Gasteiger partial charge in [-0.25, -0.2) is 0 Å². The van der Waals surface area contributed by atoms with Gasteiger partial charge >= 0.3 is 0 Å². The van der Waals surface area contributed by atoms with Gasteiger partial charge in [-0.2, -0.15) is 0 Å². The number of aryl methyl sites for hydroxylation is 4. The minimum Gasteiger partial charge on any atom is -0.0622 e. The summed E-state index contributed by atoms with van der Waals surface area (Å²) >= 11 is 0. The Morgan fingerprint density at radius 2 is 0.696 bits per heavy atom. The smallest absolute Gasteiger partial charge is 0.00137 e. The normalized spacial score (nSPS) is 21.5. The van der Waals surface area contributed by atoms with Crippen LogP contribution in [0.15, 0.2) is 109 Å². The van der Waals surface area contributed by atoms with Crippen molar-refractivity contribution in [1.29, 1.82) is 0 Å². The number of benzene rings is 6. The molecule has 228 valence electrons. The molecule has 4 heteroatoms. The number of hydrogen-bond acceptors (Lipinski definition) is 0. The highest BCUT2D eigenvalue weighted by Crippen LogP contribution is 2.74. The van der Waals surface area contributed by atoms with Crippen LogP contribution in [-0.2, 0) is 25.7 Å². The highest BCUT2D eigenvalue weighted by Gasteiger charge is 2.39. The predicted molar refractivity (Wildman–Crippen MR) is 211 cm³/mol. The Labute approximate surface area is 278 Å². The van der Waals surface area contributed by atoms with Gasteiger partial charge in [0.05, 0.1) is 0 Å². The number of rotatable bonds is 4. The van der Waals surface area contributed by atoms with Gasteiger partial charge in [0.2, 0.25) is 0 Å². The molecule has 0 fully saturated rings. The van der Waals surface area contributed by atoms with Crippen molar-refractivity contribution in [1.82, 2.24) is 0 Å². The van der Waals surface area contributed by atoms with E-state index in [2.05, 4.69) is 137 Å². The average molecular weight is 669 g/mol. The molecule has 4 aliphatic rings. The zero-order valence-electron chi connectivity index (χ0n) is 27.2. The monoisotopic (exact) mass is 668 g/mol. The van der Waals surface area contributed by atoms with E-state index in [1.807, 2.05) is 0 Å². The van der Waals surface area contributed by atoms with E-state index >= 15 is 0 Å².